The minimum Gasteiger partial charge on any atom is -0.478 e. The predicted molar refractivity (Wildman–Crippen MR) is 136 cm³/mol. The standard InChI is InChI=1S/C22H25NO3.C6H6N2O/c1-21(2)11-12-22(3,4)18-13-16(9-10-17(18)21)23-19(24)14-5-7-15(8-6-14)20(25)26;7-6(9)5-2-1-3-8-4-5/h5-10,13H,11-12H2,1-4H3,(H,23,24)(H,25,26);1-4H,(H2,7,9). The summed E-state index contributed by atoms with van der Waals surface area (Å²) in [7, 11) is 0. The number of amides is 2. The van der Waals surface area contributed by atoms with Crippen LogP contribution in [0.25, 0.3) is 0 Å². The van der Waals surface area contributed by atoms with E-state index in [1.165, 1.54) is 41.6 Å². The molecule has 0 saturated carbocycles. The second-order valence-electron chi connectivity index (χ2n) is 9.97. The van der Waals surface area contributed by atoms with Crippen LogP contribution in [0.15, 0.2) is 67.0 Å². The number of nitrogens with zero attached hydrogens (tertiary/aromatic N) is 1. The van der Waals surface area contributed by atoms with Gasteiger partial charge in [0.2, 0.25) is 5.91 Å². The highest BCUT2D eigenvalue weighted by Crippen LogP contribution is 2.46. The number of fused-ring (bicyclic) bond motifs is 1. The lowest BCUT2D eigenvalue weighted by atomic mass is 9.63. The second kappa shape index (κ2) is 10.1. The van der Waals surface area contributed by atoms with Gasteiger partial charge < -0.3 is 16.2 Å². The number of carbonyl (C=O) groups excluding carboxylic acids is 2. The molecule has 0 aliphatic heterocycles. The van der Waals surface area contributed by atoms with Crippen molar-refractivity contribution >= 4 is 23.5 Å². The van der Waals surface area contributed by atoms with Crippen LogP contribution in [0.3, 0.4) is 0 Å². The maximum atomic E-state index is 12.5. The van der Waals surface area contributed by atoms with Crippen molar-refractivity contribution in [3.05, 3.63) is 94.8 Å². The third-order valence-corrected chi connectivity index (χ3v) is 6.45. The number of aromatic carboxylic acids is 1. The normalized spacial score (nSPS) is 15.1. The number of carbonyl (C=O) groups is 3. The number of nitrogens with one attached hydrogen (secondary N) is 1. The van der Waals surface area contributed by atoms with Gasteiger partial charge in [0.05, 0.1) is 11.1 Å². The lowest BCUT2D eigenvalue weighted by molar-refractivity contribution is 0.0696. The number of carboxylic acid groups (broad SMARTS) is 1. The Kier molecular flexibility index (Phi) is 7.39. The number of anilines is 1. The Labute approximate surface area is 205 Å². The van der Waals surface area contributed by atoms with Crippen LogP contribution in [0.5, 0.6) is 0 Å². The number of benzene rings is 2. The largest absolute Gasteiger partial charge is 0.478 e. The van der Waals surface area contributed by atoms with Crippen molar-refractivity contribution in [3.63, 3.8) is 0 Å². The van der Waals surface area contributed by atoms with E-state index in [9.17, 15) is 14.4 Å². The van der Waals surface area contributed by atoms with Crippen LogP contribution in [0.1, 0.15) is 82.7 Å². The molecular weight excluding hydrogens is 442 g/mol. The van der Waals surface area contributed by atoms with Gasteiger partial charge in [0.1, 0.15) is 0 Å². The molecule has 0 unspecified atom stereocenters. The number of hydrogen-bond acceptors (Lipinski definition) is 4. The van der Waals surface area contributed by atoms with Gasteiger partial charge in [-0.1, -0.05) is 33.8 Å². The quantitative estimate of drug-likeness (QED) is 0.483. The summed E-state index contributed by atoms with van der Waals surface area (Å²) < 4.78 is 0. The number of hydrogen-bond donors (Lipinski definition) is 3. The molecule has 4 rings (SSSR count). The average Bonchev–Trinajstić information content (AvgIpc) is 2.83. The summed E-state index contributed by atoms with van der Waals surface area (Å²) in [6, 6.07) is 15.4. The van der Waals surface area contributed by atoms with E-state index in [1.807, 2.05) is 6.07 Å². The Morgan fingerprint density at radius 2 is 1.46 bits per heavy atom. The summed E-state index contributed by atoms with van der Waals surface area (Å²) in [5, 5.41) is 11.9. The van der Waals surface area contributed by atoms with E-state index in [2.05, 4.69) is 50.1 Å². The van der Waals surface area contributed by atoms with Gasteiger partial charge >= 0.3 is 5.97 Å². The van der Waals surface area contributed by atoms with Crippen LogP contribution in [0.4, 0.5) is 5.69 Å². The lowest BCUT2D eigenvalue weighted by Crippen LogP contribution is -2.33. The maximum Gasteiger partial charge on any atom is 0.335 e. The van der Waals surface area contributed by atoms with Gasteiger partial charge in [0, 0.05) is 23.6 Å². The molecule has 2 aromatic carbocycles. The van der Waals surface area contributed by atoms with E-state index in [0.717, 1.165) is 18.5 Å². The Morgan fingerprint density at radius 1 is 0.857 bits per heavy atom. The van der Waals surface area contributed by atoms with Crippen LogP contribution in [-0.4, -0.2) is 27.9 Å². The number of primary amides is 1. The molecule has 182 valence electrons. The molecule has 0 atom stereocenters. The Bertz CT molecular complexity index is 1230. The fourth-order valence-corrected chi connectivity index (χ4v) is 4.14. The minimum atomic E-state index is -1.00. The third-order valence-electron chi connectivity index (χ3n) is 6.45. The molecule has 1 heterocycles. The summed E-state index contributed by atoms with van der Waals surface area (Å²) in [6.07, 6.45) is 5.28. The summed E-state index contributed by atoms with van der Waals surface area (Å²) >= 11 is 0. The third kappa shape index (κ3) is 6.12. The van der Waals surface area contributed by atoms with Gasteiger partial charge in [-0.15, -0.1) is 0 Å². The van der Waals surface area contributed by atoms with E-state index in [-0.39, 0.29) is 22.3 Å². The molecule has 2 amide bonds. The number of nitrogens with two attached hydrogens (primary N) is 1. The van der Waals surface area contributed by atoms with Crippen molar-refractivity contribution in [2.75, 3.05) is 5.32 Å². The summed E-state index contributed by atoms with van der Waals surface area (Å²) in [4.78, 5) is 37.5. The Morgan fingerprint density at radius 3 is 1.97 bits per heavy atom. The van der Waals surface area contributed by atoms with Crippen molar-refractivity contribution in [1.82, 2.24) is 4.98 Å². The molecule has 7 heteroatoms. The van der Waals surface area contributed by atoms with E-state index < -0.39 is 11.9 Å². The van der Waals surface area contributed by atoms with Crippen molar-refractivity contribution in [2.24, 2.45) is 5.73 Å². The van der Waals surface area contributed by atoms with Crippen LogP contribution in [0.2, 0.25) is 0 Å². The number of carboxylic acids is 1. The first-order valence-electron chi connectivity index (χ1n) is 11.4. The number of pyridine rings is 1. The number of aromatic nitrogens is 1. The van der Waals surface area contributed by atoms with Gasteiger partial charge in [-0.05, 0) is 83.3 Å². The maximum absolute atomic E-state index is 12.5. The zero-order chi connectivity index (χ0) is 25.8. The van der Waals surface area contributed by atoms with Crippen LogP contribution < -0.4 is 11.1 Å². The first kappa shape index (κ1) is 25.6. The molecule has 3 aromatic rings. The minimum absolute atomic E-state index is 0.0781. The van der Waals surface area contributed by atoms with Gasteiger partial charge in [0.25, 0.3) is 5.91 Å². The summed E-state index contributed by atoms with van der Waals surface area (Å²) in [5.41, 5.74) is 9.59. The molecule has 4 N–H and O–H groups in total. The molecule has 0 saturated heterocycles. The Hall–Kier alpha value is -4.00. The first-order valence-corrected chi connectivity index (χ1v) is 11.4. The first-order chi connectivity index (χ1) is 16.4. The number of rotatable bonds is 4. The van der Waals surface area contributed by atoms with Gasteiger partial charge in [-0.25, -0.2) is 4.79 Å². The predicted octanol–water partition coefficient (Wildman–Crippen LogP) is 5.17. The molecule has 7 nitrogen and oxygen atoms in total. The molecule has 0 bridgehead atoms. The Balaban J connectivity index is 0.000000320. The highest BCUT2D eigenvalue weighted by Gasteiger charge is 2.37. The van der Waals surface area contributed by atoms with E-state index in [1.54, 1.807) is 18.3 Å². The topological polar surface area (TPSA) is 122 Å². The molecule has 0 radical (unpaired) electrons. The van der Waals surface area contributed by atoms with E-state index in [0.29, 0.717) is 11.1 Å². The monoisotopic (exact) mass is 473 g/mol. The van der Waals surface area contributed by atoms with Crippen molar-refractivity contribution < 1.29 is 19.5 Å². The molecule has 0 fully saturated rings. The van der Waals surface area contributed by atoms with E-state index in [4.69, 9.17) is 10.8 Å². The molecule has 0 spiro atoms. The lowest BCUT2D eigenvalue weighted by Gasteiger charge is -2.42. The molecule has 1 aliphatic carbocycles. The molecule has 35 heavy (non-hydrogen) atoms. The molecule has 1 aromatic heterocycles. The second-order valence-corrected chi connectivity index (χ2v) is 9.97. The highest BCUT2D eigenvalue weighted by molar-refractivity contribution is 6.04. The summed E-state index contributed by atoms with van der Waals surface area (Å²) in [5.74, 6) is -1.69. The zero-order valence-electron chi connectivity index (χ0n) is 20.5. The zero-order valence-corrected chi connectivity index (χ0v) is 20.5. The van der Waals surface area contributed by atoms with Crippen molar-refractivity contribution in [1.29, 1.82) is 0 Å². The molecule has 1 aliphatic rings. The van der Waals surface area contributed by atoms with Gasteiger partial charge in [-0.3, -0.25) is 14.6 Å². The fraction of sp³-hybridized carbons (Fsp3) is 0.286. The van der Waals surface area contributed by atoms with E-state index >= 15 is 0 Å². The van der Waals surface area contributed by atoms with Crippen molar-refractivity contribution in [3.8, 4) is 0 Å². The smallest absolute Gasteiger partial charge is 0.335 e. The van der Waals surface area contributed by atoms with Gasteiger partial charge in [-0.2, -0.15) is 0 Å². The van der Waals surface area contributed by atoms with Crippen molar-refractivity contribution in [2.45, 2.75) is 51.4 Å². The SMILES string of the molecule is CC1(C)CCC(C)(C)c2cc(NC(=O)c3ccc(C(=O)O)cc3)ccc21.NC(=O)c1cccnc1. The highest BCUT2D eigenvalue weighted by atomic mass is 16.4. The molecular formula is C28H31N3O4. The van der Waals surface area contributed by atoms with Crippen LogP contribution >= 0.6 is 0 Å². The van der Waals surface area contributed by atoms with Crippen LogP contribution in [0, 0.1) is 0 Å². The van der Waals surface area contributed by atoms with Crippen LogP contribution in [-0.2, 0) is 10.8 Å². The fourth-order valence-electron chi connectivity index (χ4n) is 4.14. The summed E-state index contributed by atoms with van der Waals surface area (Å²) in [6.45, 7) is 9.03. The average molecular weight is 474 g/mol. The van der Waals surface area contributed by atoms with Gasteiger partial charge in [0.15, 0.2) is 0 Å².